The molecule has 3 unspecified atom stereocenters. The SMILES string of the molecule is CCCNC1CCOCC1N(C)CC1CCCO1. The molecule has 0 saturated carbocycles. The third kappa shape index (κ3) is 3.92. The summed E-state index contributed by atoms with van der Waals surface area (Å²) in [5, 5.41) is 3.66. The molecular weight excluding hydrogens is 228 g/mol. The lowest BCUT2D eigenvalue weighted by Crippen LogP contribution is -2.55. The van der Waals surface area contributed by atoms with Gasteiger partial charge < -0.3 is 14.8 Å². The number of likely N-dealkylation sites (N-methyl/N-ethyl adjacent to an activating group) is 1. The van der Waals surface area contributed by atoms with Crippen LogP contribution in [0.2, 0.25) is 0 Å². The lowest BCUT2D eigenvalue weighted by atomic mass is 10.0. The minimum atomic E-state index is 0.434. The second-order valence-corrected chi connectivity index (χ2v) is 5.57. The Morgan fingerprint density at radius 2 is 2.17 bits per heavy atom. The van der Waals surface area contributed by atoms with Crippen molar-refractivity contribution in [3.63, 3.8) is 0 Å². The highest BCUT2D eigenvalue weighted by atomic mass is 16.5. The van der Waals surface area contributed by atoms with E-state index in [0.29, 0.717) is 18.2 Å². The molecule has 2 aliphatic rings. The Balaban J connectivity index is 1.82. The summed E-state index contributed by atoms with van der Waals surface area (Å²) in [7, 11) is 2.21. The maximum Gasteiger partial charge on any atom is 0.0702 e. The van der Waals surface area contributed by atoms with E-state index < -0.39 is 0 Å². The summed E-state index contributed by atoms with van der Waals surface area (Å²) in [4.78, 5) is 2.43. The zero-order valence-electron chi connectivity index (χ0n) is 11.9. The molecule has 4 heteroatoms. The van der Waals surface area contributed by atoms with E-state index in [9.17, 15) is 0 Å². The Labute approximate surface area is 111 Å². The molecule has 0 bridgehead atoms. The molecule has 0 aromatic carbocycles. The number of rotatable bonds is 6. The molecular formula is C14H28N2O2. The van der Waals surface area contributed by atoms with Crippen LogP contribution >= 0.6 is 0 Å². The summed E-state index contributed by atoms with van der Waals surface area (Å²) in [5.74, 6) is 0. The van der Waals surface area contributed by atoms with Crippen LogP contribution in [0.4, 0.5) is 0 Å². The molecule has 0 aromatic heterocycles. The molecule has 0 aliphatic carbocycles. The number of nitrogens with one attached hydrogen (secondary N) is 1. The summed E-state index contributed by atoms with van der Waals surface area (Å²) in [6, 6.07) is 1.07. The topological polar surface area (TPSA) is 33.7 Å². The van der Waals surface area contributed by atoms with Gasteiger partial charge in [0.15, 0.2) is 0 Å². The van der Waals surface area contributed by atoms with Gasteiger partial charge in [0, 0.05) is 31.8 Å². The van der Waals surface area contributed by atoms with Crippen LogP contribution in [-0.2, 0) is 9.47 Å². The monoisotopic (exact) mass is 256 g/mol. The van der Waals surface area contributed by atoms with Gasteiger partial charge in [-0.15, -0.1) is 0 Å². The number of hydrogen-bond donors (Lipinski definition) is 1. The van der Waals surface area contributed by atoms with Crippen LogP contribution < -0.4 is 5.32 Å². The van der Waals surface area contributed by atoms with Crippen molar-refractivity contribution < 1.29 is 9.47 Å². The van der Waals surface area contributed by atoms with Gasteiger partial charge in [0.2, 0.25) is 0 Å². The zero-order valence-corrected chi connectivity index (χ0v) is 11.9. The summed E-state index contributed by atoms with van der Waals surface area (Å²) >= 11 is 0. The van der Waals surface area contributed by atoms with Crippen LogP contribution in [0, 0.1) is 0 Å². The predicted molar refractivity (Wildman–Crippen MR) is 72.9 cm³/mol. The van der Waals surface area contributed by atoms with E-state index in [4.69, 9.17) is 9.47 Å². The normalized spacial score (nSPS) is 33.2. The van der Waals surface area contributed by atoms with Gasteiger partial charge in [-0.25, -0.2) is 0 Å². The molecule has 4 nitrogen and oxygen atoms in total. The summed E-state index contributed by atoms with van der Waals surface area (Å²) in [6.07, 6.45) is 5.19. The molecule has 18 heavy (non-hydrogen) atoms. The highest BCUT2D eigenvalue weighted by Crippen LogP contribution is 2.18. The molecule has 0 spiro atoms. The molecule has 0 aromatic rings. The Morgan fingerprint density at radius 1 is 1.28 bits per heavy atom. The quantitative estimate of drug-likeness (QED) is 0.775. The van der Waals surface area contributed by atoms with E-state index in [0.717, 1.165) is 39.3 Å². The van der Waals surface area contributed by atoms with Crippen LogP contribution in [0.3, 0.4) is 0 Å². The third-order valence-electron chi connectivity index (χ3n) is 4.06. The molecule has 2 heterocycles. The molecule has 1 N–H and O–H groups in total. The van der Waals surface area contributed by atoms with E-state index in [2.05, 4.69) is 24.2 Å². The van der Waals surface area contributed by atoms with Crippen LogP contribution in [0.5, 0.6) is 0 Å². The first kappa shape index (κ1) is 14.3. The van der Waals surface area contributed by atoms with Crippen LogP contribution in [0.1, 0.15) is 32.6 Å². The molecule has 0 amide bonds. The first-order valence-electron chi connectivity index (χ1n) is 7.44. The van der Waals surface area contributed by atoms with Crippen molar-refractivity contribution in [1.82, 2.24) is 10.2 Å². The largest absolute Gasteiger partial charge is 0.380 e. The Bertz CT molecular complexity index is 232. The van der Waals surface area contributed by atoms with Gasteiger partial charge in [-0.05, 0) is 39.3 Å². The van der Waals surface area contributed by atoms with E-state index in [-0.39, 0.29) is 0 Å². The summed E-state index contributed by atoms with van der Waals surface area (Å²) in [5.41, 5.74) is 0. The molecule has 2 saturated heterocycles. The second kappa shape index (κ2) is 7.43. The summed E-state index contributed by atoms with van der Waals surface area (Å²) in [6.45, 7) is 7.05. The van der Waals surface area contributed by atoms with Crippen molar-refractivity contribution in [3.8, 4) is 0 Å². The highest BCUT2D eigenvalue weighted by molar-refractivity contribution is 4.87. The van der Waals surface area contributed by atoms with Gasteiger partial charge in [0.25, 0.3) is 0 Å². The van der Waals surface area contributed by atoms with Crippen molar-refractivity contribution in [2.45, 2.75) is 50.8 Å². The van der Waals surface area contributed by atoms with E-state index >= 15 is 0 Å². The van der Waals surface area contributed by atoms with E-state index in [1.165, 1.54) is 19.3 Å². The Kier molecular flexibility index (Phi) is 5.89. The van der Waals surface area contributed by atoms with Gasteiger partial charge in [0.1, 0.15) is 0 Å². The van der Waals surface area contributed by atoms with Crippen LogP contribution in [0.15, 0.2) is 0 Å². The van der Waals surface area contributed by atoms with Crippen molar-refractivity contribution in [2.75, 3.05) is 40.0 Å². The van der Waals surface area contributed by atoms with Crippen molar-refractivity contribution in [2.24, 2.45) is 0 Å². The van der Waals surface area contributed by atoms with Crippen LogP contribution in [-0.4, -0.2) is 63.0 Å². The van der Waals surface area contributed by atoms with Crippen molar-refractivity contribution in [3.05, 3.63) is 0 Å². The minimum absolute atomic E-state index is 0.434. The number of nitrogens with zero attached hydrogens (tertiary/aromatic N) is 1. The molecule has 0 radical (unpaired) electrons. The third-order valence-corrected chi connectivity index (χ3v) is 4.06. The number of hydrogen-bond acceptors (Lipinski definition) is 4. The highest BCUT2D eigenvalue weighted by Gasteiger charge is 2.30. The fourth-order valence-electron chi connectivity index (χ4n) is 2.97. The second-order valence-electron chi connectivity index (χ2n) is 5.57. The lowest BCUT2D eigenvalue weighted by molar-refractivity contribution is -0.0120. The predicted octanol–water partition coefficient (Wildman–Crippen LogP) is 1.25. The zero-order chi connectivity index (χ0) is 12.8. The van der Waals surface area contributed by atoms with Crippen molar-refractivity contribution >= 4 is 0 Å². The standard InChI is InChI=1S/C14H28N2O2/c1-3-7-15-13-6-9-17-11-14(13)16(2)10-12-5-4-8-18-12/h12-15H,3-11H2,1-2H3. The lowest BCUT2D eigenvalue weighted by Gasteiger charge is -2.39. The van der Waals surface area contributed by atoms with Gasteiger partial charge in [-0.2, -0.15) is 0 Å². The number of ether oxygens (including phenoxy) is 2. The first-order valence-corrected chi connectivity index (χ1v) is 7.44. The smallest absolute Gasteiger partial charge is 0.0702 e. The van der Waals surface area contributed by atoms with E-state index in [1.54, 1.807) is 0 Å². The maximum atomic E-state index is 5.73. The molecule has 2 rings (SSSR count). The van der Waals surface area contributed by atoms with Crippen LogP contribution in [0.25, 0.3) is 0 Å². The summed E-state index contributed by atoms with van der Waals surface area (Å²) < 4.78 is 11.4. The Hall–Kier alpha value is -0.160. The average Bonchev–Trinajstić information content (AvgIpc) is 2.89. The molecule has 106 valence electrons. The molecule has 3 atom stereocenters. The van der Waals surface area contributed by atoms with Gasteiger partial charge in [-0.1, -0.05) is 6.92 Å². The van der Waals surface area contributed by atoms with E-state index in [1.807, 2.05) is 0 Å². The van der Waals surface area contributed by atoms with Gasteiger partial charge in [-0.3, -0.25) is 4.90 Å². The van der Waals surface area contributed by atoms with Gasteiger partial charge >= 0.3 is 0 Å². The fraction of sp³-hybridized carbons (Fsp3) is 1.00. The van der Waals surface area contributed by atoms with Gasteiger partial charge in [0.05, 0.1) is 12.7 Å². The molecule has 2 fully saturated rings. The Morgan fingerprint density at radius 3 is 2.89 bits per heavy atom. The first-order chi connectivity index (χ1) is 8.81. The minimum Gasteiger partial charge on any atom is -0.380 e. The van der Waals surface area contributed by atoms with Crippen molar-refractivity contribution in [1.29, 1.82) is 0 Å². The maximum absolute atomic E-state index is 5.73. The molecule has 2 aliphatic heterocycles. The fourth-order valence-corrected chi connectivity index (χ4v) is 2.97. The average molecular weight is 256 g/mol.